The second-order valence-corrected chi connectivity index (χ2v) is 5.52. The Morgan fingerprint density at radius 1 is 1.45 bits per heavy atom. The smallest absolute Gasteiger partial charge is 0.269 e. The van der Waals surface area contributed by atoms with Crippen LogP contribution in [0.4, 0.5) is 11.4 Å². The third kappa shape index (κ3) is 3.70. The molecule has 7 nitrogen and oxygen atoms in total. The molecule has 1 aliphatic rings. The number of nitro groups is 1. The van der Waals surface area contributed by atoms with Crippen molar-refractivity contribution >= 4 is 35.0 Å². The Balaban J connectivity index is 1.90. The zero-order chi connectivity index (χ0) is 14.5. The topological polar surface area (TPSA) is 101 Å². The van der Waals surface area contributed by atoms with Gasteiger partial charge in [0.05, 0.1) is 10.2 Å². The summed E-state index contributed by atoms with van der Waals surface area (Å²) in [7, 11) is 0. The molecular formula is C12H13N3O4S. The van der Waals surface area contributed by atoms with Gasteiger partial charge in [-0.05, 0) is 12.1 Å². The number of hydrogen-bond acceptors (Lipinski definition) is 5. The molecule has 8 heteroatoms. The molecule has 0 saturated carbocycles. The largest absolute Gasteiger partial charge is 0.354 e. The van der Waals surface area contributed by atoms with Crippen LogP contribution < -0.4 is 10.6 Å². The first-order valence-corrected chi connectivity index (χ1v) is 7.05. The van der Waals surface area contributed by atoms with Crippen molar-refractivity contribution in [3.63, 3.8) is 0 Å². The quantitative estimate of drug-likeness (QED) is 0.641. The van der Waals surface area contributed by atoms with Crippen molar-refractivity contribution in [3.8, 4) is 0 Å². The molecule has 1 aromatic carbocycles. The van der Waals surface area contributed by atoms with Crippen LogP contribution in [0.3, 0.4) is 0 Å². The molecule has 1 fully saturated rings. The summed E-state index contributed by atoms with van der Waals surface area (Å²) < 4.78 is 0. The molecule has 1 heterocycles. The van der Waals surface area contributed by atoms with Crippen molar-refractivity contribution in [2.45, 2.75) is 11.7 Å². The van der Waals surface area contributed by atoms with Crippen molar-refractivity contribution in [1.82, 2.24) is 5.32 Å². The van der Waals surface area contributed by atoms with Gasteiger partial charge in [0.2, 0.25) is 11.8 Å². The van der Waals surface area contributed by atoms with E-state index in [1.807, 2.05) is 0 Å². The third-order valence-electron chi connectivity index (χ3n) is 2.75. The first-order valence-electron chi connectivity index (χ1n) is 6.00. The van der Waals surface area contributed by atoms with Gasteiger partial charge in [-0.25, -0.2) is 0 Å². The highest BCUT2D eigenvalue weighted by atomic mass is 32.2. The first kappa shape index (κ1) is 14.3. The highest BCUT2D eigenvalue weighted by Crippen LogP contribution is 2.20. The summed E-state index contributed by atoms with van der Waals surface area (Å²) in [6.45, 7) is 0.629. The fraction of sp³-hybridized carbons (Fsp3) is 0.333. The first-order chi connectivity index (χ1) is 9.56. The maximum absolute atomic E-state index is 11.8. The highest BCUT2D eigenvalue weighted by molar-refractivity contribution is 8.00. The fourth-order valence-electron chi connectivity index (χ4n) is 1.76. The Hall–Kier alpha value is -2.09. The number of thioether (sulfide) groups is 1. The van der Waals surface area contributed by atoms with E-state index in [2.05, 4.69) is 10.6 Å². The minimum Gasteiger partial charge on any atom is -0.354 e. The predicted molar refractivity (Wildman–Crippen MR) is 75.6 cm³/mol. The number of nitrogens with zero attached hydrogens (tertiary/aromatic N) is 1. The van der Waals surface area contributed by atoms with E-state index in [0.29, 0.717) is 12.2 Å². The van der Waals surface area contributed by atoms with Gasteiger partial charge in [0.25, 0.3) is 5.69 Å². The predicted octanol–water partition coefficient (Wildman–Crippen LogP) is 1.15. The number of hydrogen-bond donors (Lipinski definition) is 2. The molecule has 1 unspecified atom stereocenters. The summed E-state index contributed by atoms with van der Waals surface area (Å²) in [5.41, 5.74) is 0.437. The molecule has 0 aromatic heterocycles. The number of nitrogens with one attached hydrogen (secondary N) is 2. The Morgan fingerprint density at radius 2 is 2.15 bits per heavy atom. The number of anilines is 1. The molecule has 0 aliphatic carbocycles. The zero-order valence-corrected chi connectivity index (χ0v) is 11.3. The molecule has 20 heavy (non-hydrogen) atoms. The lowest BCUT2D eigenvalue weighted by atomic mass is 10.2. The molecule has 1 saturated heterocycles. The normalized spacial score (nSPS) is 18.2. The lowest BCUT2D eigenvalue weighted by Crippen LogP contribution is -2.40. The molecule has 106 valence electrons. The molecule has 0 spiro atoms. The van der Waals surface area contributed by atoms with Gasteiger partial charge in [-0.15, -0.1) is 11.8 Å². The molecule has 2 N–H and O–H groups in total. The minimum absolute atomic E-state index is 0.0368. The van der Waals surface area contributed by atoms with Crippen molar-refractivity contribution in [2.75, 3.05) is 17.6 Å². The van der Waals surface area contributed by atoms with E-state index >= 15 is 0 Å². The second kappa shape index (κ2) is 6.38. The van der Waals surface area contributed by atoms with Crippen LogP contribution >= 0.6 is 11.8 Å². The Morgan fingerprint density at radius 3 is 2.75 bits per heavy atom. The van der Waals surface area contributed by atoms with E-state index in [4.69, 9.17) is 0 Å². The number of rotatable bonds is 4. The average molecular weight is 295 g/mol. The summed E-state index contributed by atoms with van der Waals surface area (Å²) in [6.07, 6.45) is 0.0908. The van der Waals surface area contributed by atoms with E-state index in [9.17, 15) is 19.7 Å². The Labute approximate surface area is 119 Å². The third-order valence-corrected chi connectivity index (χ3v) is 3.97. The maximum Gasteiger partial charge on any atom is 0.269 e. The molecular weight excluding hydrogens is 282 g/mol. The lowest BCUT2D eigenvalue weighted by molar-refractivity contribution is -0.384. The van der Waals surface area contributed by atoms with Crippen molar-refractivity contribution in [1.29, 1.82) is 0 Å². The molecule has 0 bridgehead atoms. The number of amides is 2. The van der Waals surface area contributed by atoms with E-state index in [1.165, 1.54) is 36.0 Å². The van der Waals surface area contributed by atoms with Crippen LogP contribution in [0, 0.1) is 10.1 Å². The Kier molecular flexibility index (Phi) is 4.57. The standard InChI is InChI=1S/C12H13N3O4S/c16-11(7-10-12(17)13-5-6-20-10)14-8-1-3-9(4-2-8)15(18)19/h1-4,10H,5-7H2,(H,13,17)(H,14,16). The van der Waals surface area contributed by atoms with Crippen LogP contribution in [0.1, 0.15) is 6.42 Å². The van der Waals surface area contributed by atoms with E-state index in [1.54, 1.807) is 0 Å². The highest BCUT2D eigenvalue weighted by Gasteiger charge is 2.25. The molecule has 1 aromatic rings. The van der Waals surface area contributed by atoms with Gasteiger partial charge >= 0.3 is 0 Å². The van der Waals surface area contributed by atoms with Crippen molar-refractivity contribution in [2.24, 2.45) is 0 Å². The van der Waals surface area contributed by atoms with Crippen LogP contribution in [0.15, 0.2) is 24.3 Å². The monoisotopic (exact) mass is 295 g/mol. The zero-order valence-electron chi connectivity index (χ0n) is 10.5. The van der Waals surface area contributed by atoms with Gasteiger partial charge < -0.3 is 10.6 Å². The number of nitro benzene ring substituents is 1. The van der Waals surface area contributed by atoms with Crippen LogP contribution in [0.2, 0.25) is 0 Å². The second-order valence-electron chi connectivity index (χ2n) is 4.21. The van der Waals surface area contributed by atoms with Crippen LogP contribution in [0.5, 0.6) is 0 Å². The molecule has 2 amide bonds. The summed E-state index contributed by atoms with van der Waals surface area (Å²) in [6, 6.07) is 5.56. The van der Waals surface area contributed by atoms with E-state index in [-0.39, 0.29) is 29.2 Å². The van der Waals surface area contributed by atoms with Crippen LogP contribution in [-0.2, 0) is 9.59 Å². The van der Waals surface area contributed by atoms with Gasteiger partial charge in [-0.1, -0.05) is 0 Å². The number of non-ortho nitro benzene ring substituents is 1. The molecule has 1 aliphatic heterocycles. The van der Waals surface area contributed by atoms with E-state index in [0.717, 1.165) is 5.75 Å². The van der Waals surface area contributed by atoms with Crippen LogP contribution in [-0.4, -0.2) is 34.3 Å². The summed E-state index contributed by atoms with van der Waals surface area (Å²) in [4.78, 5) is 33.3. The summed E-state index contributed by atoms with van der Waals surface area (Å²) in [5, 5.41) is 15.5. The van der Waals surface area contributed by atoms with Gasteiger partial charge in [-0.2, -0.15) is 0 Å². The summed E-state index contributed by atoms with van der Waals surface area (Å²) >= 11 is 1.45. The van der Waals surface area contributed by atoms with Crippen molar-refractivity contribution < 1.29 is 14.5 Å². The van der Waals surface area contributed by atoms with Crippen molar-refractivity contribution in [3.05, 3.63) is 34.4 Å². The molecule has 1 atom stereocenters. The fourth-order valence-corrected chi connectivity index (χ4v) is 2.77. The minimum atomic E-state index is -0.505. The van der Waals surface area contributed by atoms with Gasteiger partial charge in [-0.3, -0.25) is 19.7 Å². The molecule has 0 radical (unpaired) electrons. The number of benzene rings is 1. The van der Waals surface area contributed by atoms with Gasteiger partial charge in [0.15, 0.2) is 0 Å². The maximum atomic E-state index is 11.8. The Bertz CT molecular complexity index is 532. The van der Waals surface area contributed by atoms with Crippen LogP contribution in [0.25, 0.3) is 0 Å². The van der Waals surface area contributed by atoms with E-state index < -0.39 is 4.92 Å². The lowest BCUT2D eigenvalue weighted by Gasteiger charge is -2.20. The van der Waals surface area contributed by atoms with Gasteiger partial charge in [0, 0.05) is 36.5 Å². The number of carbonyl (C=O) groups excluding carboxylic acids is 2. The SMILES string of the molecule is O=C(CC1SCCNC1=O)Nc1ccc([N+](=O)[O-])cc1. The summed E-state index contributed by atoms with van der Waals surface area (Å²) in [5.74, 6) is 0.384. The average Bonchev–Trinajstić information content (AvgIpc) is 2.42. The van der Waals surface area contributed by atoms with Gasteiger partial charge in [0.1, 0.15) is 0 Å². The molecule has 2 rings (SSSR count). The number of carbonyl (C=O) groups is 2.